The van der Waals surface area contributed by atoms with E-state index in [-0.39, 0.29) is 6.04 Å². The molecule has 0 aromatic heterocycles. The van der Waals surface area contributed by atoms with Gasteiger partial charge in [0.2, 0.25) is 0 Å². The van der Waals surface area contributed by atoms with Crippen molar-refractivity contribution in [1.82, 2.24) is 5.32 Å². The molecule has 0 saturated heterocycles. The third-order valence-electron chi connectivity index (χ3n) is 4.44. The Labute approximate surface area is 127 Å². The molecule has 0 heterocycles. The molecular weight excluding hydrogens is 262 g/mol. The van der Waals surface area contributed by atoms with Crippen molar-refractivity contribution in [1.29, 1.82) is 0 Å². The highest BCUT2D eigenvalue weighted by Gasteiger charge is 2.24. The van der Waals surface area contributed by atoms with Crippen LogP contribution in [0, 0.1) is 0 Å². The van der Waals surface area contributed by atoms with Gasteiger partial charge in [0.1, 0.15) is 6.04 Å². The largest absolute Gasteiger partial charge is 0.480 e. The first-order valence-electron chi connectivity index (χ1n) is 8.11. The molecule has 2 rings (SSSR count). The molecule has 3 nitrogen and oxygen atoms in total. The van der Waals surface area contributed by atoms with Gasteiger partial charge in [-0.15, -0.1) is 0 Å². The van der Waals surface area contributed by atoms with E-state index in [0.717, 1.165) is 25.7 Å². The van der Waals surface area contributed by atoms with Crippen LogP contribution in [0.1, 0.15) is 62.6 Å². The van der Waals surface area contributed by atoms with E-state index in [1.807, 2.05) is 6.92 Å². The molecule has 3 heteroatoms. The molecule has 1 aliphatic carbocycles. The van der Waals surface area contributed by atoms with Gasteiger partial charge in [0.15, 0.2) is 0 Å². The van der Waals surface area contributed by atoms with Crippen LogP contribution in [0.5, 0.6) is 0 Å². The quantitative estimate of drug-likeness (QED) is 0.842. The predicted octanol–water partition coefficient (Wildman–Crippen LogP) is 3.51. The number of hydrogen-bond acceptors (Lipinski definition) is 2. The molecule has 2 N–H and O–H groups in total. The maximum Gasteiger partial charge on any atom is 0.320 e. The number of hydrogen-bond donors (Lipinski definition) is 2. The summed E-state index contributed by atoms with van der Waals surface area (Å²) >= 11 is 0. The molecule has 0 saturated carbocycles. The van der Waals surface area contributed by atoms with Gasteiger partial charge < -0.3 is 10.4 Å². The van der Waals surface area contributed by atoms with Crippen LogP contribution in [-0.4, -0.2) is 23.2 Å². The van der Waals surface area contributed by atoms with Crippen LogP contribution in [0.25, 0.3) is 0 Å². The minimum absolute atomic E-state index is 0.287. The van der Waals surface area contributed by atoms with Crippen LogP contribution in [0.3, 0.4) is 0 Å². The lowest BCUT2D eigenvalue weighted by Crippen LogP contribution is -2.45. The van der Waals surface area contributed by atoms with Gasteiger partial charge >= 0.3 is 5.97 Å². The molecule has 1 aromatic rings. The molecular formula is C18H27NO2. The molecule has 1 aromatic carbocycles. The number of rotatable bonds is 6. The number of carboxylic acids is 1. The second kappa shape index (κ2) is 7.08. The van der Waals surface area contributed by atoms with Crippen molar-refractivity contribution in [3.05, 3.63) is 34.9 Å². The van der Waals surface area contributed by atoms with Gasteiger partial charge in [0.05, 0.1) is 0 Å². The number of benzene rings is 1. The predicted molar refractivity (Wildman–Crippen MR) is 85.8 cm³/mol. The first-order valence-corrected chi connectivity index (χ1v) is 8.11. The minimum Gasteiger partial charge on any atom is -0.480 e. The zero-order valence-corrected chi connectivity index (χ0v) is 13.4. The number of aryl methyl sites for hydroxylation is 1. The van der Waals surface area contributed by atoms with Crippen LogP contribution < -0.4 is 5.32 Å². The summed E-state index contributed by atoms with van der Waals surface area (Å²) in [6, 6.07) is 6.66. The van der Waals surface area contributed by atoms with Crippen molar-refractivity contribution in [2.75, 3.05) is 0 Å². The standard InChI is InChI=1S/C18H27NO2/c1-4-5-17(18(20)21)19-16-9-8-14-10-13(12(2)3)6-7-15(14)11-16/h6-7,10,12,16-17,19H,4-5,8-9,11H2,1-3H3,(H,20,21). The maximum atomic E-state index is 11.3. The summed E-state index contributed by atoms with van der Waals surface area (Å²) in [6.07, 6.45) is 4.62. The number of fused-ring (bicyclic) bond motifs is 1. The first-order chi connectivity index (χ1) is 10.0. The molecule has 21 heavy (non-hydrogen) atoms. The van der Waals surface area contributed by atoms with E-state index < -0.39 is 12.0 Å². The summed E-state index contributed by atoms with van der Waals surface area (Å²) < 4.78 is 0. The fourth-order valence-corrected chi connectivity index (χ4v) is 3.13. The molecule has 0 spiro atoms. The molecule has 2 unspecified atom stereocenters. The first kappa shape index (κ1) is 16.0. The van der Waals surface area contributed by atoms with Crippen molar-refractivity contribution in [3.8, 4) is 0 Å². The Balaban J connectivity index is 2.04. The normalized spacial score (nSPS) is 19.3. The van der Waals surface area contributed by atoms with Gasteiger partial charge in [-0.1, -0.05) is 45.4 Å². The monoisotopic (exact) mass is 289 g/mol. The average molecular weight is 289 g/mol. The Morgan fingerprint density at radius 1 is 1.38 bits per heavy atom. The number of carbonyl (C=O) groups is 1. The van der Waals surface area contributed by atoms with Gasteiger partial charge in [-0.2, -0.15) is 0 Å². The van der Waals surface area contributed by atoms with Crippen LogP contribution in [0.2, 0.25) is 0 Å². The highest BCUT2D eigenvalue weighted by atomic mass is 16.4. The summed E-state index contributed by atoms with van der Waals surface area (Å²) in [4.78, 5) is 11.3. The Morgan fingerprint density at radius 2 is 2.14 bits per heavy atom. The van der Waals surface area contributed by atoms with Gasteiger partial charge in [0, 0.05) is 6.04 Å². The van der Waals surface area contributed by atoms with Crippen LogP contribution >= 0.6 is 0 Å². The van der Waals surface area contributed by atoms with Gasteiger partial charge in [-0.05, 0) is 48.3 Å². The van der Waals surface area contributed by atoms with E-state index in [1.54, 1.807) is 0 Å². The van der Waals surface area contributed by atoms with Crippen molar-refractivity contribution < 1.29 is 9.90 Å². The molecule has 0 amide bonds. The zero-order valence-electron chi connectivity index (χ0n) is 13.4. The number of nitrogens with one attached hydrogen (secondary N) is 1. The van der Waals surface area contributed by atoms with Crippen LogP contribution in [0.4, 0.5) is 0 Å². The lowest BCUT2D eigenvalue weighted by Gasteiger charge is -2.29. The molecule has 1 aliphatic rings. The summed E-state index contributed by atoms with van der Waals surface area (Å²) in [5.41, 5.74) is 4.22. The molecule has 116 valence electrons. The fraction of sp³-hybridized carbons (Fsp3) is 0.611. The van der Waals surface area contributed by atoms with Crippen molar-refractivity contribution >= 4 is 5.97 Å². The topological polar surface area (TPSA) is 49.3 Å². The molecule has 0 fully saturated rings. The third kappa shape index (κ3) is 4.07. The van der Waals surface area contributed by atoms with Gasteiger partial charge in [-0.3, -0.25) is 4.79 Å². The molecule has 0 radical (unpaired) electrons. The fourth-order valence-electron chi connectivity index (χ4n) is 3.13. The second-order valence-corrected chi connectivity index (χ2v) is 6.47. The highest BCUT2D eigenvalue weighted by Crippen LogP contribution is 2.26. The Hall–Kier alpha value is -1.35. The van der Waals surface area contributed by atoms with Gasteiger partial charge in [0.25, 0.3) is 0 Å². The third-order valence-corrected chi connectivity index (χ3v) is 4.44. The van der Waals surface area contributed by atoms with E-state index in [9.17, 15) is 9.90 Å². The Bertz CT molecular complexity index is 496. The van der Waals surface area contributed by atoms with Crippen molar-refractivity contribution in [3.63, 3.8) is 0 Å². The molecule has 2 atom stereocenters. The van der Waals surface area contributed by atoms with Crippen LogP contribution in [-0.2, 0) is 17.6 Å². The van der Waals surface area contributed by atoms with Crippen LogP contribution in [0.15, 0.2) is 18.2 Å². The van der Waals surface area contributed by atoms with E-state index >= 15 is 0 Å². The van der Waals surface area contributed by atoms with Gasteiger partial charge in [-0.25, -0.2) is 0 Å². The smallest absolute Gasteiger partial charge is 0.320 e. The lowest BCUT2D eigenvalue weighted by atomic mass is 9.85. The zero-order chi connectivity index (χ0) is 15.4. The Kier molecular flexibility index (Phi) is 5.40. The van der Waals surface area contributed by atoms with E-state index in [4.69, 9.17) is 0 Å². The minimum atomic E-state index is -0.724. The average Bonchev–Trinajstić information content (AvgIpc) is 2.46. The van der Waals surface area contributed by atoms with E-state index in [0.29, 0.717) is 12.3 Å². The lowest BCUT2D eigenvalue weighted by molar-refractivity contribution is -0.139. The number of aliphatic carboxylic acids is 1. The number of carboxylic acid groups (broad SMARTS) is 1. The summed E-state index contributed by atoms with van der Waals surface area (Å²) in [7, 11) is 0. The molecule has 0 bridgehead atoms. The van der Waals surface area contributed by atoms with Crippen molar-refractivity contribution in [2.45, 2.75) is 70.9 Å². The maximum absolute atomic E-state index is 11.3. The molecule has 0 aliphatic heterocycles. The highest BCUT2D eigenvalue weighted by molar-refractivity contribution is 5.73. The summed E-state index contributed by atoms with van der Waals surface area (Å²) in [5.74, 6) is -0.162. The summed E-state index contributed by atoms with van der Waals surface area (Å²) in [6.45, 7) is 6.47. The van der Waals surface area contributed by atoms with Crippen molar-refractivity contribution in [2.24, 2.45) is 0 Å². The van der Waals surface area contributed by atoms with E-state index in [1.165, 1.54) is 16.7 Å². The van der Waals surface area contributed by atoms with E-state index in [2.05, 4.69) is 37.4 Å². The SMILES string of the molecule is CCCC(NC1CCc2cc(C(C)C)ccc2C1)C(=O)O. The summed E-state index contributed by atoms with van der Waals surface area (Å²) in [5, 5.41) is 12.6. The Morgan fingerprint density at radius 3 is 2.76 bits per heavy atom. The second-order valence-electron chi connectivity index (χ2n) is 6.47.